The molecular formula is C14H16ClN5. The Morgan fingerprint density at radius 2 is 2.25 bits per heavy atom. The molecule has 104 valence electrons. The molecule has 0 saturated heterocycles. The molecule has 0 aliphatic carbocycles. The molecule has 3 rings (SSSR count). The van der Waals surface area contributed by atoms with Crippen LogP contribution in [0.1, 0.15) is 19.0 Å². The average Bonchev–Trinajstić information content (AvgIpc) is 3.03. The zero-order valence-corrected chi connectivity index (χ0v) is 12.0. The van der Waals surface area contributed by atoms with Gasteiger partial charge in [0.15, 0.2) is 5.82 Å². The van der Waals surface area contributed by atoms with E-state index in [1.807, 2.05) is 24.4 Å². The Hall–Kier alpha value is -1.85. The lowest BCUT2D eigenvalue weighted by atomic mass is 10.4. The third kappa shape index (κ3) is 2.42. The van der Waals surface area contributed by atoms with Gasteiger partial charge in [0.1, 0.15) is 5.65 Å². The van der Waals surface area contributed by atoms with Crippen molar-refractivity contribution in [3.05, 3.63) is 47.5 Å². The highest BCUT2D eigenvalue weighted by atomic mass is 35.5. The van der Waals surface area contributed by atoms with Crippen LogP contribution in [0.4, 0.5) is 0 Å². The molecular weight excluding hydrogens is 274 g/mol. The molecule has 0 saturated carbocycles. The summed E-state index contributed by atoms with van der Waals surface area (Å²) < 4.78 is 3.80. The van der Waals surface area contributed by atoms with Gasteiger partial charge in [-0.05, 0) is 25.1 Å². The monoisotopic (exact) mass is 289 g/mol. The van der Waals surface area contributed by atoms with Crippen LogP contribution in [0.2, 0.25) is 5.02 Å². The van der Waals surface area contributed by atoms with E-state index in [0.717, 1.165) is 36.7 Å². The zero-order chi connectivity index (χ0) is 13.9. The Kier molecular flexibility index (Phi) is 3.71. The molecule has 0 amide bonds. The molecule has 6 heteroatoms. The third-order valence-corrected chi connectivity index (χ3v) is 3.29. The summed E-state index contributed by atoms with van der Waals surface area (Å²) in [6.45, 7) is 3.86. The van der Waals surface area contributed by atoms with E-state index in [2.05, 4.69) is 26.7 Å². The van der Waals surface area contributed by atoms with Gasteiger partial charge in [-0.15, -0.1) is 0 Å². The lowest BCUT2D eigenvalue weighted by Crippen LogP contribution is -2.17. The van der Waals surface area contributed by atoms with E-state index in [-0.39, 0.29) is 0 Å². The van der Waals surface area contributed by atoms with Crippen LogP contribution >= 0.6 is 11.6 Å². The smallest absolute Gasteiger partial charge is 0.176 e. The molecule has 0 aromatic carbocycles. The summed E-state index contributed by atoms with van der Waals surface area (Å²) in [5.41, 5.74) is 1.98. The fraction of sp³-hybridized carbons (Fsp3) is 0.286. The maximum Gasteiger partial charge on any atom is 0.176 e. The highest BCUT2D eigenvalue weighted by molar-refractivity contribution is 6.30. The van der Waals surface area contributed by atoms with Gasteiger partial charge in [-0.25, -0.2) is 9.67 Å². The highest BCUT2D eigenvalue weighted by Crippen LogP contribution is 2.18. The van der Waals surface area contributed by atoms with Gasteiger partial charge in [-0.3, -0.25) is 0 Å². The van der Waals surface area contributed by atoms with Crippen molar-refractivity contribution in [3.63, 3.8) is 0 Å². The minimum Gasteiger partial charge on any atom is -0.311 e. The third-order valence-electron chi connectivity index (χ3n) is 3.10. The Labute approximate surface area is 122 Å². The number of hydrogen-bond acceptors (Lipinski definition) is 3. The summed E-state index contributed by atoms with van der Waals surface area (Å²) in [6, 6.07) is 5.96. The predicted octanol–water partition coefficient (Wildman–Crippen LogP) is 2.67. The molecule has 3 heterocycles. The summed E-state index contributed by atoms with van der Waals surface area (Å²) in [6.07, 6.45) is 6.50. The van der Waals surface area contributed by atoms with Crippen molar-refractivity contribution in [1.29, 1.82) is 0 Å². The number of rotatable bonds is 5. The molecule has 0 bridgehead atoms. The van der Waals surface area contributed by atoms with Crippen molar-refractivity contribution in [2.24, 2.45) is 0 Å². The lowest BCUT2D eigenvalue weighted by molar-refractivity contribution is 0.654. The average molecular weight is 290 g/mol. The van der Waals surface area contributed by atoms with Crippen LogP contribution in [-0.2, 0) is 6.54 Å². The Bertz CT molecular complexity index is 715. The molecule has 0 spiro atoms. The number of nitrogens with zero attached hydrogens (tertiary/aromatic N) is 4. The van der Waals surface area contributed by atoms with E-state index in [1.54, 1.807) is 17.1 Å². The van der Waals surface area contributed by atoms with Crippen molar-refractivity contribution >= 4 is 17.2 Å². The van der Waals surface area contributed by atoms with Crippen LogP contribution in [0, 0.1) is 0 Å². The normalized spacial score (nSPS) is 11.3. The summed E-state index contributed by atoms with van der Waals surface area (Å²) in [4.78, 5) is 4.64. The van der Waals surface area contributed by atoms with Crippen LogP contribution in [0.15, 0.2) is 36.8 Å². The van der Waals surface area contributed by atoms with Crippen LogP contribution in [0.5, 0.6) is 0 Å². The van der Waals surface area contributed by atoms with Crippen molar-refractivity contribution in [2.45, 2.75) is 19.9 Å². The fourth-order valence-electron chi connectivity index (χ4n) is 2.18. The summed E-state index contributed by atoms with van der Waals surface area (Å²) in [7, 11) is 0. The van der Waals surface area contributed by atoms with Gasteiger partial charge < -0.3 is 9.72 Å². The number of halogens is 1. The second kappa shape index (κ2) is 5.64. The molecule has 0 aliphatic heterocycles. The van der Waals surface area contributed by atoms with Crippen molar-refractivity contribution in [1.82, 2.24) is 24.5 Å². The fourth-order valence-corrected chi connectivity index (χ4v) is 2.32. The van der Waals surface area contributed by atoms with E-state index >= 15 is 0 Å². The van der Waals surface area contributed by atoms with Crippen LogP contribution in [0.25, 0.3) is 11.5 Å². The minimum absolute atomic E-state index is 0.606. The summed E-state index contributed by atoms with van der Waals surface area (Å²) in [5.74, 6) is 0.812. The molecule has 0 unspecified atom stereocenters. The number of nitrogens with one attached hydrogen (secondary N) is 1. The Balaban J connectivity index is 2.07. The Morgan fingerprint density at radius 1 is 1.35 bits per heavy atom. The van der Waals surface area contributed by atoms with Crippen LogP contribution < -0.4 is 5.32 Å². The van der Waals surface area contributed by atoms with Gasteiger partial charge in [0.05, 0.1) is 23.1 Å². The van der Waals surface area contributed by atoms with Crippen molar-refractivity contribution < 1.29 is 0 Å². The molecule has 0 radical (unpaired) electrons. The van der Waals surface area contributed by atoms with Gasteiger partial charge in [0, 0.05) is 12.7 Å². The quantitative estimate of drug-likeness (QED) is 0.735. The number of pyridine rings is 1. The SMILES string of the molecule is CCCNCc1c(-n2cc(Cl)cn2)nc2ccccn12. The van der Waals surface area contributed by atoms with E-state index in [9.17, 15) is 0 Å². The molecule has 0 atom stereocenters. The second-order valence-corrected chi connectivity index (χ2v) is 5.03. The maximum absolute atomic E-state index is 5.95. The number of fused-ring (bicyclic) bond motifs is 1. The first-order valence-corrected chi connectivity index (χ1v) is 7.04. The van der Waals surface area contributed by atoms with Gasteiger partial charge in [-0.2, -0.15) is 5.10 Å². The van der Waals surface area contributed by atoms with Gasteiger partial charge in [-0.1, -0.05) is 24.6 Å². The topological polar surface area (TPSA) is 47.2 Å². The van der Waals surface area contributed by atoms with E-state index < -0.39 is 0 Å². The first-order valence-electron chi connectivity index (χ1n) is 6.67. The molecule has 1 N–H and O–H groups in total. The molecule has 5 nitrogen and oxygen atoms in total. The summed E-state index contributed by atoms with van der Waals surface area (Å²) in [5, 5.41) is 8.27. The van der Waals surface area contributed by atoms with Crippen LogP contribution in [-0.4, -0.2) is 25.7 Å². The van der Waals surface area contributed by atoms with Gasteiger partial charge >= 0.3 is 0 Å². The molecule has 0 aliphatic rings. The Morgan fingerprint density at radius 3 is 3.00 bits per heavy atom. The number of imidazole rings is 1. The van der Waals surface area contributed by atoms with E-state index in [1.165, 1.54) is 0 Å². The molecule has 3 aromatic heterocycles. The lowest BCUT2D eigenvalue weighted by Gasteiger charge is -2.06. The van der Waals surface area contributed by atoms with Crippen molar-refractivity contribution in [2.75, 3.05) is 6.54 Å². The standard InChI is InChI=1S/C14H16ClN5/c1-2-6-16-9-12-14(20-10-11(15)8-17-20)18-13-5-3-4-7-19(12)13/h3-5,7-8,10,16H,2,6,9H2,1H3. The first kappa shape index (κ1) is 13.1. The van der Waals surface area contributed by atoms with Gasteiger partial charge in [0.25, 0.3) is 0 Å². The highest BCUT2D eigenvalue weighted by Gasteiger charge is 2.14. The largest absolute Gasteiger partial charge is 0.311 e. The minimum atomic E-state index is 0.606. The second-order valence-electron chi connectivity index (χ2n) is 4.59. The maximum atomic E-state index is 5.95. The number of hydrogen-bond donors (Lipinski definition) is 1. The van der Waals surface area contributed by atoms with E-state index in [0.29, 0.717) is 5.02 Å². The molecule has 0 fully saturated rings. The first-order chi connectivity index (χ1) is 9.79. The van der Waals surface area contributed by atoms with Crippen LogP contribution in [0.3, 0.4) is 0 Å². The molecule has 3 aromatic rings. The van der Waals surface area contributed by atoms with Gasteiger partial charge in [0.2, 0.25) is 0 Å². The number of aromatic nitrogens is 4. The predicted molar refractivity (Wildman–Crippen MR) is 79.3 cm³/mol. The summed E-state index contributed by atoms with van der Waals surface area (Å²) >= 11 is 5.95. The zero-order valence-electron chi connectivity index (χ0n) is 11.3. The molecule has 20 heavy (non-hydrogen) atoms. The van der Waals surface area contributed by atoms with Crippen molar-refractivity contribution in [3.8, 4) is 5.82 Å². The van der Waals surface area contributed by atoms with E-state index in [4.69, 9.17) is 11.6 Å².